The number of carbonyl (C=O) groups excluding carboxylic acids is 14. The second-order valence-electron chi connectivity index (χ2n) is 27.6. The lowest BCUT2D eigenvalue weighted by atomic mass is 10.0. The molecule has 0 aromatic heterocycles. The van der Waals surface area contributed by atoms with Gasteiger partial charge in [0.1, 0.15) is 72.5 Å². The van der Waals surface area contributed by atoms with E-state index in [0.29, 0.717) is 6.42 Å². The van der Waals surface area contributed by atoms with Crippen LogP contribution >= 0.6 is 0 Å². The molecule has 0 spiro atoms. The highest BCUT2D eigenvalue weighted by Gasteiger charge is 2.40. The minimum atomic E-state index is -1.89. The van der Waals surface area contributed by atoms with Crippen LogP contribution in [0.5, 0.6) is 0 Å². The second kappa shape index (κ2) is 56.0. The van der Waals surface area contributed by atoms with Gasteiger partial charge in [-0.15, -0.1) is 0 Å². The van der Waals surface area contributed by atoms with E-state index >= 15 is 0 Å². The fourth-order valence-corrected chi connectivity index (χ4v) is 11.1. The molecule has 1 fully saturated rings. The van der Waals surface area contributed by atoms with E-state index in [9.17, 15) is 87.5 Å². The Morgan fingerprint density at radius 3 is 1.32 bits per heavy atom. The minimum absolute atomic E-state index is 0.00405. The molecule has 1 rings (SSSR count). The number of unbranched alkanes of at least 4 members (excludes halogenated alkanes) is 9. The average Bonchev–Trinajstić information content (AvgIpc) is 1.71. The Balaban J connectivity index is 3.14. The topological polar surface area (TPSA) is 636 Å². The van der Waals surface area contributed by atoms with Gasteiger partial charge < -0.3 is 118 Å². The van der Waals surface area contributed by atoms with E-state index in [-0.39, 0.29) is 76.0 Å². The van der Waals surface area contributed by atoms with Crippen molar-refractivity contribution in [1.29, 1.82) is 0 Å². The Morgan fingerprint density at radius 1 is 0.432 bits per heavy atom. The van der Waals surface area contributed by atoms with Gasteiger partial charge in [0.05, 0.1) is 26.4 Å². The maximum absolute atomic E-state index is 14.1. The fourth-order valence-electron chi connectivity index (χ4n) is 11.1. The van der Waals surface area contributed by atoms with Crippen molar-refractivity contribution in [3.05, 3.63) is 60.8 Å². The van der Waals surface area contributed by atoms with Crippen LogP contribution in [0.1, 0.15) is 170 Å². The molecule has 0 aliphatic carbocycles. The second-order valence-corrected chi connectivity index (χ2v) is 27.6. The number of rotatable bonds is 56. The highest BCUT2D eigenvalue weighted by Crippen LogP contribution is 2.20. The zero-order valence-corrected chi connectivity index (χ0v) is 65.1. The van der Waals surface area contributed by atoms with Gasteiger partial charge in [0.15, 0.2) is 11.9 Å². The first-order valence-electron chi connectivity index (χ1n) is 37.8. The molecule has 14 amide bonds. The van der Waals surface area contributed by atoms with Crippen LogP contribution in [0.25, 0.3) is 0 Å². The largest absolute Gasteiger partial charge is 0.394 e. The van der Waals surface area contributed by atoms with Gasteiger partial charge in [0, 0.05) is 32.1 Å². The predicted molar refractivity (Wildman–Crippen MR) is 415 cm³/mol. The minimum Gasteiger partial charge on any atom is -0.394 e. The number of nitrogens with one attached hydrogen (secondary N) is 11. The Labute approximate surface area is 649 Å². The summed E-state index contributed by atoms with van der Waals surface area (Å²) in [5, 5.41) is 66.8. The number of allylic oxidation sites excluding steroid dienone is 9. The number of amides is 14. The molecular weight excluding hydrogens is 1440 g/mol. The molecule has 111 heavy (non-hydrogen) atoms. The van der Waals surface area contributed by atoms with Gasteiger partial charge in [0.2, 0.25) is 82.7 Å². The van der Waals surface area contributed by atoms with E-state index in [0.717, 1.165) is 6.42 Å². The van der Waals surface area contributed by atoms with E-state index in [1.807, 2.05) is 24.3 Å². The smallest absolute Gasteiger partial charge is 0.248 e. The van der Waals surface area contributed by atoms with Gasteiger partial charge in [-0.1, -0.05) is 141 Å². The molecular formula is C73H124N20O18. The molecule has 1 heterocycles. The van der Waals surface area contributed by atoms with Crippen LogP contribution in [0.4, 0.5) is 0 Å². The number of carbonyl (C=O) groups is 14. The fraction of sp³-hybridized carbons (Fsp3) is 0.644. The summed E-state index contributed by atoms with van der Waals surface area (Å²) >= 11 is 0. The molecule has 27 N–H and O–H groups in total. The van der Waals surface area contributed by atoms with E-state index in [2.05, 4.69) is 81.5 Å². The first-order chi connectivity index (χ1) is 52.7. The molecule has 0 aromatic rings. The quantitative estimate of drug-likeness (QED) is 0.00898. The molecule has 624 valence electrons. The number of hydrogen-bond acceptors (Lipinski definition) is 20. The van der Waals surface area contributed by atoms with Crippen LogP contribution in [0.15, 0.2) is 70.7 Å². The number of aliphatic imine (C=N–C) groups is 2. The number of aliphatic hydroxyl groups is 4. The third-order valence-electron chi connectivity index (χ3n) is 17.3. The Bertz CT molecular complexity index is 3230. The van der Waals surface area contributed by atoms with Crippen molar-refractivity contribution < 1.29 is 87.5 Å². The van der Waals surface area contributed by atoms with Crippen LogP contribution in [0, 0.1) is 11.8 Å². The SMILES string of the molecule is CCCCCCCCCCC/C=C/C=C/C=C/C=C/C=C/C(=O)N[C@@H](CO)C(=O)N1CCC[C@H]1C(=O)N[C@@H](CC(C)C)C(=O)N[C@@H](C)C(=O)N[C@@H](CCC(N)=O)C(=O)N[C@@H](C)C(=O)N[C@H](C(=O)N[C@@H](CCCN=C(N)N)C(=O)N[C@@H](CO)C(=O)N[C@@H](CO)C(=O)N[C@@H](CO)C(=O)N[C@@H](CCCN=C(N)N)C(N)=O)C(C)C. The predicted octanol–water partition coefficient (Wildman–Crippen LogP) is -4.42. The molecule has 38 nitrogen and oxygen atoms in total. The molecule has 38 heteroatoms. The maximum Gasteiger partial charge on any atom is 0.248 e. The van der Waals surface area contributed by atoms with Gasteiger partial charge in [-0.25, -0.2) is 0 Å². The Morgan fingerprint density at radius 2 is 0.847 bits per heavy atom. The molecule has 1 aliphatic rings. The third kappa shape index (κ3) is 41.3. The summed E-state index contributed by atoms with van der Waals surface area (Å²) in [6.45, 7) is 7.26. The average molecular weight is 1570 g/mol. The lowest BCUT2D eigenvalue weighted by Gasteiger charge is -2.30. The van der Waals surface area contributed by atoms with Crippen molar-refractivity contribution in [3.63, 3.8) is 0 Å². The first-order valence-corrected chi connectivity index (χ1v) is 37.8. The monoisotopic (exact) mass is 1570 g/mol. The lowest BCUT2D eigenvalue weighted by molar-refractivity contribution is -0.142. The number of hydrogen-bond donors (Lipinski definition) is 21. The summed E-state index contributed by atoms with van der Waals surface area (Å²) in [5.41, 5.74) is 32.4. The van der Waals surface area contributed by atoms with Crippen molar-refractivity contribution in [1.82, 2.24) is 63.4 Å². The lowest BCUT2D eigenvalue weighted by Crippen LogP contribution is -2.62. The number of nitrogens with two attached hydrogens (primary N) is 6. The third-order valence-corrected chi connectivity index (χ3v) is 17.3. The van der Waals surface area contributed by atoms with E-state index in [1.54, 1.807) is 32.1 Å². The highest BCUT2D eigenvalue weighted by molar-refractivity contribution is 6.00. The summed E-state index contributed by atoms with van der Waals surface area (Å²) in [6, 6.07) is -18.2. The van der Waals surface area contributed by atoms with Crippen molar-refractivity contribution >= 4 is 94.6 Å². The maximum atomic E-state index is 14.1. The van der Waals surface area contributed by atoms with Gasteiger partial charge in [-0.2, -0.15) is 0 Å². The normalized spacial score (nSPS) is 15.9. The van der Waals surface area contributed by atoms with Crippen LogP contribution in [0.3, 0.4) is 0 Å². The van der Waals surface area contributed by atoms with Gasteiger partial charge in [-0.05, 0) is 89.9 Å². The zero-order valence-electron chi connectivity index (χ0n) is 65.1. The van der Waals surface area contributed by atoms with E-state index in [4.69, 9.17) is 34.4 Å². The van der Waals surface area contributed by atoms with Gasteiger partial charge in [-0.3, -0.25) is 77.1 Å². The van der Waals surface area contributed by atoms with E-state index < -0.39 is 200 Å². The summed E-state index contributed by atoms with van der Waals surface area (Å²) in [4.78, 5) is 197. The summed E-state index contributed by atoms with van der Waals surface area (Å²) < 4.78 is 0. The number of primary amides is 2. The van der Waals surface area contributed by atoms with Crippen LogP contribution in [-0.2, 0) is 67.1 Å². The summed E-state index contributed by atoms with van der Waals surface area (Å²) in [6.07, 6.45) is 29.7. The number of nitrogens with zero attached hydrogens (tertiary/aromatic N) is 3. The molecule has 0 aromatic carbocycles. The van der Waals surface area contributed by atoms with Crippen molar-refractivity contribution in [2.45, 2.75) is 243 Å². The van der Waals surface area contributed by atoms with E-state index in [1.165, 1.54) is 103 Å². The highest BCUT2D eigenvalue weighted by atomic mass is 16.3. The van der Waals surface area contributed by atoms with Gasteiger partial charge >= 0.3 is 0 Å². The first kappa shape index (κ1) is 98.7. The number of guanidine groups is 2. The Hall–Kier alpha value is -10.3. The molecule has 1 aliphatic heterocycles. The van der Waals surface area contributed by atoms with Crippen LogP contribution in [0.2, 0.25) is 0 Å². The van der Waals surface area contributed by atoms with Crippen LogP contribution < -0.4 is 92.9 Å². The standard InChI is InChI=1S/C73H124N20O18/c1-8-9-10-11-12-13-14-15-16-17-18-19-20-21-22-23-24-25-26-33-58(99)84-55(43-97)71(111)93-38-29-32-56(93)69(109)88-51(39-44(2)3)65(105)83-46(6)61(101)86-50(34-35-57(74)98)63(103)82-47(7)62(102)92-59(45(4)5)70(110)87-49(31-28-37-81-73(78)79)64(104)89-53(41-95)67(107)91-54(42-96)68(108)90-52(40-94)66(106)85-48(60(75)100)30-27-36-80-72(76)77/h18-26,33,44-56,59,94-97H,8-17,27-32,34-43H2,1-7H3,(H2,74,98)(H2,75,100)(H,82,103)(H,83,105)(H,84,99)(H,85,106)(H,86,101)(H,87,110)(H,88,109)(H,89,104)(H,90,108)(H,91,107)(H,92,102)(H4,76,77,80)(H4,78,79,81)/b19-18+,21-20+,23-22+,25-24+,33-26+/t46-,47-,48-,49-,50-,51-,52-,53-,54-,55-,56-,59-/m0/s1. The van der Waals surface area contributed by atoms with Crippen molar-refractivity contribution in [2.24, 2.45) is 56.2 Å². The number of likely N-dealkylation sites (tertiary alicyclic amines) is 1. The van der Waals surface area contributed by atoms with Crippen LogP contribution in [-0.4, -0.2) is 239 Å². The summed E-state index contributed by atoms with van der Waals surface area (Å²) in [5.74, 6) is -15.0. The molecule has 12 atom stereocenters. The molecule has 0 radical (unpaired) electrons. The zero-order chi connectivity index (χ0) is 83.5. The molecule has 0 bridgehead atoms. The summed E-state index contributed by atoms with van der Waals surface area (Å²) in [7, 11) is 0. The van der Waals surface area contributed by atoms with Gasteiger partial charge in [0.25, 0.3) is 0 Å². The molecule has 1 saturated heterocycles. The molecule has 0 saturated carbocycles. The number of aliphatic hydroxyl groups excluding tert-OH is 4. The van der Waals surface area contributed by atoms with Crippen molar-refractivity contribution in [3.8, 4) is 0 Å². The Kier molecular flexibility index (Phi) is 49.7. The van der Waals surface area contributed by atoms with Crippen molar-refractivity contribution in [2.75, 3.05) is 46.1 Å². The molecule has 0 unspecified atom stereocenters.